The number of hydrogen-bond acceptors (Lipinski definition) is 3. The van der Waals surface area contributed by atoms with Crippen molar-refractivity contribution in [1.82, 2.24) is 14.5 Å². The number of aryl methyl sites for hydroxylation is 1. The van der Waals surface area contributed by atoms with Crippen molar-refractivity contribution < 1.29 is 5.11 Å². The molecule has 2 heterocycles. The van der Waals surface area contributed by atoms with Crippen LogP contribution in [-0.4, -0.2) is 19.6 Å². The zero-order chi connectivity index (χ0) is 13.7. The molecule has 0 atom stereocenters. The van der Waals surface area contributed by atoms with E-state index < -0.39 is 0 Å². The maximum atomic E-state index is 9.64. The SMILES string of the molecule is Cc1ccc2c(c1)nc(-c1cncc(O)c1)n2C1CC1. The maximum absolute atomic E-state index is 9.64. The molecule has 4 nitrogen and oxygen atoms in total. The molecule has 1 fully saturated rings. The molecule has 4 rings (SSSR count). The van der Waals surface area contributed by atoms with Gasteiger partial charge < -0.3 is 9.67 Å². The third-order valence-corrected chi connectivity index (χ3v) is 3.74. The van der Waals surface area contributed by atoms with Crippen molar-refractivity contribution in [2.75, 3.05) is 0 Å². The number of nitrogens with zero attached hydrogens (tertiary/aromatic N) is 3. The van der Waals surface area contributed by atoms with Crippen LogP contribution in [0.5, 0.6) is 5.75 Å². The number of imidazole rings is 1. The topological polar surface area (TPSA) is 50.9 Å². The molecule has 2 aromatic heterocycles. The number of aromatic hydroxyl groups is 1. The van der Waals surface area contributed by atoms with Crippen LogP contribution in [0.2, 0.25) is 0 Å². The zero-order valence-corrected chi connectivity index (χ0v) is 11.2. The Kier molecular flexibility index (Phi) is 2.33. The minimum absolute atomic E-state index is 0.174. The van der Waals surface area contributed by atoms with E-state index in [0.717, 1.165) is 22.4 Å². The summed E-state index contributed by atoms with van der Waals surface area (Å²) in [6.07, 6.45) is 5.58. The number of pyridine rings is 1. The monoisotopic (exact) mass is 265 g/mol. The Morgan fingerprint density at radius 1 is 1.20 bits per heavy atom. The lowest BCUT2D eigenvalue weighted by Crippen LogP contribution is -1.97. The molecule has 0 radical (unpaired) electrons. The predicted octanol–water partition coefficient (Wildman–Crippen LogP) is 3.45. The molecule has 0 spiro atoms. The molecule has 4 heteroatoms. The van der Waals surface area contributed by atoms with Crippen molar-refractivity contribution in [2.45, 2.75) is 25.8 Å². The van der Waals surface area contributed by atoms with E-state index in [-0.39, 0.29) is 5.75 Å². The summed E-state index contributed by atoms with van der Waals surface area (Å²) in [5.41, 5.74) is 4.25. The molecule has 1 saturated carbocycles. The van der Waals surface area contributed by atoms with Crippen molar-refractivity contribution in [3.05, 3.63) is 42.2 Å². The van der Waals surface area contributed by atoms with Gasteiger partial charge in [-0.2, -0.15) is 0 Å². The summed E-state index contributed by atoms with van der Waals surface area (Å²) in [7, 11) is 0. The lowest BCUT2D eigenvalue weighted by molar-refractivity contribution is 0.473. The fraction of sp³-hybridized carbons (Fsp3) is 0.250. The van der Waals surface area contributed by atoms with Crippen molar-refractivity contribution in [1.29, 1.82) is 0 Å². The van der Waals surface area contributed by atoms with E-state index in [4.69, 9.17) is 4.98 Å². The highest BCUT2D eigenvalue weighted by Crippen LogP contribution is 2.41. The highest BCUT2D eigenvalue weighted by molar-refractivity contribution is 5.81. The number of benzene rings is 1. The van der Waals surface area contributed by atoms with Crippen molar-refractivity contribution in [2.24, 2.45) is 0 Å². The Bertz CT molecular complexity index is 803. The Hall–Kier alpha value is -2.36. The van der Waals surface area contributed by atoms with Crippen LogP contribution in [-0.2, 0) is 0 Å². The lowest BCUT2D eigenvalue weighted by atomic mass is 10.2. The standard InChI is InChI=1S/C16H15N3O/c1-10-2-5-15-14(6-10)18-16(19(15)12-3-4-12)11-7-13(20)9-17-8-11/h2,5-9,12,20H,3-4H2,1H3. The van der Waals surface area contributed by atoms with Gasteiger partial charge in [0.25, 0.3) is 0 Å². The van der Waals surface area contributed by atoms with Crippen LogP contribution in [0, 0.1) is 6.92 Å². The first-order chi connectivity index (χ1) is 9.72. The summed E-state index contributed by atoms with van der Waals surface area (Å²) in [4.78, 5) is 8.82. The molecule has 1 aliphatic rings. The molecule has 0 amide bonds. The van der Waals surface area contributed by atoms with Gasteiger partial charge in [-0.3, -0.25) is 4.98 Å². The quantitative estimate of drug-likeness (QED) is 0.772. The highest BCUT2D eigenvalue weighted by atomic mass is 16.3. The average molecular weight is 265 g/mol. The summed E-state index contributed by atoms with van der Waals surface area (Å²) >= 11 is 0. The highest BCUT2D eigenvalue weighted by Gasteiger charge is 2.28. The maximum Gasteiger partial charge on any atom is 0.143 e. The van der Waals surface area contributed by atoms with Gasteiger partial charge in [0, 0.05) is 17.8 Å². The van der Waals surface area contributed by atoms with E-state index in [0.29, 0.717) is 6.04 Å². The van der Waals surface area contributed by atoms with E-state index in [1.165, 1.54) is 24.6 Å². The zero-order valence-electron chi connectivity index (χ0n) is 11.2. The fourth-order valence-electron chi connectivity index (χ4n) is 2.66. The molecule has 0 bridgehead atoms. The van der Waals surface area contributed by atoms with Crippen LogP contribution in [0.1, 0.15) is 24.4 Å². The molecule has 100 valence electrons. The van der Waals surface area contributed by atoms with Gasteiger partial charge in [0.1, 0.15) is 11.6 Å². The molecule has 1 aromatic carbocycles. The predicted molar refractivity (Wildman–Crippen MR) is 77.6 cm³/mol. The molecular weight excluding hydrogens is 250 g/mol. The number of fused-ring (bicyclic) bond motifs is 1. The lowest BCUT2D eigenvalue weighted by Gasteiger charge is -2.07. The van der Waals surface area contributed by atoms with Crippen molar-refractivity contribution in [3.8, 4) is 17.1 Å². The van der Waals surface area contributed by atoms with Crippen LogP contribution >= 0.6 is 0 Å². The van der Waals surface area contributed by atoms with Gasteiger partial charge in [-0.25, -0.2) is 4.98 Å². The van der Waals surface area contributed by atoms with E-state index in [9.17, 15) is 5.11 Å². The summed E-state index contributed by atoms with van der Waals surface area (Å²) in [5.74, 6) is 1.07. The van der Waals surface area contributed by atoms with Crippen LogP contribution in [0.4, 0.5) is 0 Å². The van der Waals surface area contributed by atoms with Crippen LogP contribution in [0.25, 0.3) is 22.4 Å². The van der Waals surface area contributed by atoms with Crippen LogP contribution < -0.4 is 0 Å². The summed E-state index contributed by atoms with van der Waals surface area (Å²) < 4.78 is 2.28. The van der Waals surface area contributed by atoms with Crippen molar-refractivity contribution >= 4 is 11.0 Å². The Morgan fingerprint density at radius 3 is 2.80 bits per heavy atom. The Labute approximate surface area is 116 Å². The molecule has 3 aromatic rings. The molecule has 1 aliphatic carbocycles. The number of rotatable bonds is 2. The van der Waals surface area contributed by atoms with Gasteiger partial charge >= 0.3 is 0 Å². The molecule has 0 unspecified atom stereocenters. The van der Waals surface area contributed by atoms with Gasteiger partial charge in [0.15, 0.2) is 0 Å². The van der Waals surface area contributed by atoms with E-state index in [2.05, 4.69) is 34.7 Å². The van der Waals surface area contributed by atoms with Crippen LogP contribution in [0.15, 0.2) is 36.7 Å². The fourth-order valence-corrected chi connectivity index (χ4v) is 2.66. The second kappa shape index (κ2) is 4.07. The average Bonchev–Trinajstić information content (AvgIpc) is 3.19. The Balaban J connectivity index is 2.00. The second-order valence-electron chi connectivity index (χ2n) is 5.46. The second-order valence-corrected chi connectivity index (χ2v) is 5.46. The third-order valence-electron chi connectivity index (χ3n) is 3.74. The molecular formula is C16H15N3O. The first kappa shape index (κ1) is 11.5. The Morgan fingerprint density at radius 2 is 2.05 bits per heavy atom. The normalized spacial score (nSPS) is 14.8. The summed E-state index contributed by atoms with van der Waals surface area (Å²) in [6.45, 7) is 2.07. The van der Waals surface area contributed by atoms with Gasteiger partial charge in [0.2, 0.25) is 0 Å². The van der Waals surface area contributed by atoms with Gasteiger partial charge in [-0.05, 0) is 43.5 Å². The third kappa shape index (κ3) is 1.76. The largest absolute Gasteiger partial charge is 0.506 e. The molecule has 0 aliphatic heterocycles. The molecule has 0 saturated heterocycles. The summed E-state index contributed by atoms with van der Waals surface area (Å²) in [5, 5.41) is 9.64. The molecule has 1 N–H and O–H groups in total. The smallest absolute Gasteiger partial charge is 0.143 e. The first-order valence-electron chi connectivity index (χ1n) is 6.85. The van der Waals surface area contributed by atoms with E-state index >= 15 is 0 Å². The van der Waals surface area contributed by atoms with Crippen molar-refractivity contribution in [3.63, 3.8) is 0 Å². The van der Waals surface area contributed by atoms with Gasteiger partial charge in [0.05, 0.1) is 17.2 Å². The summed E-state index contributed by atoms with van der Waals surface area (Å²) in [6, 6.07) is 8.61. The van der Waals surface area contributed by atoms with Crippen LogP contribution in [0.3, 0.4) is 0 Å². The number of aromatic nitrogens is 3. The van der Waals surface area contributed by atoms with E-state index in [1.54, 1.807) is 12.3 Å². The molecule has 20 heavy (non-hydrogen) atoms. The van der Waals surface area contributed by atoms with Gasteiger partial charge in [-0.1, -0.05) is 6.07 Å². The van der Waals surface area contributed by atoms with Gasteiger partial charge in [-0.15, -0.1) is 0 Å². The minimum Gasteiger partial charge on any atom is -0.506 e. The first-order valence-corrected chi connectivity index (χ1v) is 6.85. The minimum atomic E-state index is 0.174. The number of hydrogen-bond donors (Lipinski definition) is 1. The van der Waals surface area contributed by atoms with E-state index in [1.807, 2.05) is 0 Å².